The van der Waals surface area contributed by atoms with E-state index in [2.05, 4.69) is 27.9 Å². The van der Waals surface area contributed by atoms with Crippen molar-refractivity contribution in [2.45, 2.75) is 25.4 Å². The maximum Gasteiger partial charge on any atom is 0.245 e. The van der Waals surface area contributed by atoms with E-state index in [9.17, 15) is 4.79 Å². The number of rotatable bonds is 8. The molecule has 0 spiro atoms. The molecule has 4 aromatic rings. The number of methoxy groups -OCH3 is 1. The maximum absolute atomic E-state index is 12.0. The van der Waals surface area contributed by atoms with Gasteiger partial charge < -0.3 is 19.7 Å². The van der Waals surface area contributed by atoms with Crippen molar-refractivity contribution in [3.05, 3.63) is 95.9 Å². The molecule has 1 fully saturated rings. The van der Waals surface area contributed by atoms with Crippen molar-refractivity contribution >= 4 is 39.8 Å². The normalized spacial score (nSPS) is 13.8. The molecule has 1 saturated heterocycles. The predicted octanol–water partition coefficient (Wildman–Crippen LogP) is 6.51. The Morgan fingerprint density at radius 1 is 1.11 bits per heavy atom. The Balaban J connectivity index is 1.37. The van der Waals surface area contributed by atoms with Crippen molar-refractivity contribution in [3.8, 4) is 11.5 Å². The molecule has 5 rings (SSSR count). The highest BCUT2D eigenvalue weighted by Gasteiger charge is 2.25. The minimum atomic E-state index is -0.0172. The quantitative estimate of drug-likeness (QED) is 0.263. The number of hydrogen-bond acceptors (Lipinski definition) is 6. The lowest BCUT2D eigenvalue weighted by molar-refractivity contribution is -0.127. The maximum atomic E-state index is 12.0. The average molecular weight is 529 g/mol. The zero-order chi connectivity index (χ0) is 26.5. The Morgan fingerprint density at radius 3 is 2.66 bits per heavy atom. The summed E-state index contributed by atoms with van der Waals surface area (Å²) in [6, 6.07) is 17.4. The van der Waals surface area contributed by atoms with Crippen molar-refractivity contribution in [2.75, 3.05) is 25.5 Å². The fourth-order valence-corrected chi connectivity index (χ4v) is 5.06. The van der Waals surface area contributed by atoms with E-state index >= 15 is 0 Å². The highest BCUT2D eigenvalue weighted by molar-refractivity contribution is 6.32. The van der Waals surface area contributed by atoms with E-state index in [1.54, 1.807) is 19.5 Å². The van der Waals surface area contributed by atoms with Crippen molar-refractivity contribution in [3.63, 3.8) is 0 Å². The van der Waals surface area contributed by atoms with Crippen LogP contribution in [0.1, 0.15) is 30.0 Å². The lowest BCUT2D eigenvalue weighted by Gasteiger charge is -2.32. The fraction of sp³-hybridized carbons (Fsp3) is 0.233. The molecule has 3 heterocycles. The fourth-order valence-electron chi connectivity index (χ4n) is 4.82. The van der Waals surface area contributed by atoms with Crippen LogP contribution in [0, 0.1) is 0 Å². The third kappa shape index (κ3) is 5.58. The van der Waals surface area contributed by atoms with Crippen LogP contribution in [-0.2, 0) is 11.4 Å². The Labute approximate surface area is 227 Å². The monoisotopic (exact) mass is 528 g/mol. The third-order valence-corrected chi connectivity index (χ3v) is 7.12. The summed E-state index contributed by atoms with van der Waals surface area (Å²) in [6.07, 6.45) is 6.61. The Kier molecular flexibility index (Phi) is 7.75. The van der Waals surface area contributed by atoms with Crippen LogP contribution in [-0.4, -0.2) is 41.0 Å². The van der Waals surface area contributed by atoms with Crippen LogP contribution in [0.3, 0.4) is 0 Å². The average Bonchev–Trinajstić information content (AvgIpc) is 2.96. The molecule has 0 radical (unpaired) electrons. The first-order valence-electron chi connectivity index (χ1n) is 12.5. The lowest BCUT2D eigenvalue weighted by atomic mass is 9.87. The van der Waals surface area contributed by atoms with Crippen LogP contribution in [0.25, 0.3) is 10.9 Å². The molecule has 0 saturated carbocycles. The number of aromatic nitrogens is 2. The number of hydrogen-bond donors (Lipinski definition) is 1. The van der Waals surface area contributed by atoms with Crippen molar-refractivity contribution in [2.24, 2.45) is 0 Å². The van der Waals surface area contributed by atoms with Gasteiger partial charge in [-0.2, -0.15) is 0 Å². The molecular weight excluding hydrogens is 500 g/mol. The van der Waals surface area contributed by atoms with Gasteiger partial charge in [0.25, 0.3) is 0 Å². The number of halogens is 1. The van der Waals surface area contributed by atoms with E-state index in [1.165, 1.54) is 6.08 Å². The van der Waals surface area contributed by atoms with E-state index < -0.39 is 0 Å². The van der Waals surface area contributed by atoms with Gasteiger partial charge in [-0.25, -0.2) is 0 Å². The predicted molar refractivity (Wildman–Crippen MR) is 150 cm³/mol. The molecule has 0 unspecified atom stereocenters. The van der Waals surface area contributed by atoms with Crippen LogP contribution in [0.5, 0.6) is 11.5 Å². The number of carbonyl (C=O) groups excluding carboxylic acids is 1. The van der Waals surface area contributed by atoms with Gasteiger partial charge >= 0.3 is 0 Å². The van der Waals surface area contributed by atoms with E-state index in [0.29, 0.717) is 30.5 Å². The van der Waals surface area contributed by atoms with Gasteiger partial charge in [0, 0.05) is 48.3 Å². The number of nitrogens with zero attached hydrogens (tertiary/aromatic N) is 3. The molecule has 0 aliphatic carbocycles. The smallest absolute Gasteiger partial charge is 0.245 e. The summed E-state index contributed by atoms with van der Waals surface area (Å²) in [7, 11) is 1.68. The molecule has 7 nitrogen and oxygen atoms in total. The molecule has 1 aliphatic heterocycles. The second-order valence-corrected chi connectivity index (χ2v) is 9.56. The number of benzene rings is 2. The highest BCUT2D eigenvalue weighted by Crippen LogP contribution is 2.39. The van der Waals surface area contributed by atoms with Gasteiger partial charge in [-0.15, -0.1) is 0 Å². The van der Waals surface area contributed by atoms with Crippen LogP contribution in [0.4, 0.5) is 11.4 Å². The van der Waals surface area contributed by atoms with Gasteiger partial charge in [0.15, 0.2) is 0 Å². The molecule has 2 aromatic carbocycles. The number of ether oxygens (including phenoxy) is 2. The van der Waals surface area contributed by atoms with E-state index in [1.807, 2.05) is 53.4 Å². The number of piperidine rings is 1. The topological polar surface area (TPSA) is 76.6 Å². The van der Waals surface area contributed by atoms with Gasteiger partial charge in [-0.05, 0) is 72.9 Å². The van der Waals surface area contributed by atoms with Gasteiger partial charge in [-0.3, -0.25) is 14.8 Å². The summed E-state index contributed by atoms with van der Waals surface area (Å²) in [5, 5.41) is 4.98. The van der Waals surface area contributed by atoms with Crippen molar-refractivity contribution < 1.29 is 14.3 Å². The largest absolute Gasteiger partial charge is 0.496 e. The number of carbonyl (C=O) groups is 1. The molecule has 1 N–H and O–H groups in total. The molecule has 1 amide bonds. The van der Waals surface area contributed by atoms with E-state index in [4.69, 9.17) is 21.1 Å². The highest BCUT2D eigenvalue weighted by atomic mass is 35.5. The van der Waals surface area contributed by atoms with E-state index in [-0.39, 0.29) is 11.8 Å². The minimum Gasteiger partial charge on any atom is -0.496 e. The first kappa shape index (κ1) is 25.5. The summed E-state index contributed by atoms with van der Waals surface area (Å²) in [4.78, 5) is 22.7. The number of amides is 1. The molecule has 1 aliphatic rings. The third-order valence-electron chi connectivity index (χ3n) is 6.83. The zero-order valence-electron chi connectivity index (χ0n) is 21.2. The van der Waals surface area contributed by atoms with Gasteiger partial charge in [0.2, 0.25) is 5.91 Å². The second-order valence-electron chi connectivity index (χ2n) is 9.15. The number of pyridine rings is 2. The van der Waals surface area contributed by atoms with Crippen LogP contribution in [0.2, 0.25) is 5.02 Å². The number of nitrogens with one attached hydrogen (secondary N) is 1. The molecule has 8 heteroatoms. The molecule has 0 bridgehead atoms. The molecule has 38 heavy (non-hydrogen) atoms. The molecule has 2 aromatic heterocycles. The standard InChI is InChI=1S/C30H29ClN4O3/c1-3-30(36)35-14-10-20(11-15-35)23-17-24-26(9-13-33-27(24)18-29(23)37-2)34-21-7-8-28(25(31)16-21)38-19-22-6-4-5-12-32-22/h3-9,12-13,16-18,20H,1,10-11,14-15,19H2,2H3,(H,33,34). The van der Waals surface area contributed by atoms with Gasteiger partial charge in [0.05, 0.1) is 23.3 Å². The molecular formula is C30H29ClN4O3. The summed E-state index contributed by atoms with van der Waals surface area (Å²) >= 11 is 6.54. The Hall–Kier alpha value is -4.10. The van der Waals surface area contributed by atoms with Crippen LogP contribution >= 0.6 is 11.6 Å². The van der Waals surface area contributed by atoms with Crippen LogP contribution in [0.15, 0.2) is 79.6 Å². The summed E-state index contributed by atoms with van der Waals surface area (Å²) in [5.41, 5.74) is 4.53. The minimum absolute atomic E-state index is 0.0172. The van der Waals surface area contributed by atoms with E-state index in [0.717, 1.165) is 52.1 Å². The van der Waals surface area contributed by atoms with Crippen LogP contribution < -0.4 is 14.8 Å². The molecule has 0 atom stereocenters. The summed E-state index contributed by atoms with van der Waals surface area (Å²) in [6.45, 7) is 5.34. The Morgan fingerprint density at radius 2 is 1.95 bits per heavy atom. The van der Waals surface area contributed by atoms with Gasteiger partial charge in [0.1, 0.15) is 18.1 Å². The Bertz CT molecular complexity index is 1450. The molecule has 194 valence electrons. The number of fused-ring (bicyclic) bond motifs is 1. The van der Waals surface area contributed by atoms with Crippen molar-refractivity contribution in [1.82, 2.24) is 14.9 Å². The number of likely N-dealkylation sites (tertiary alicyclic amines) is 1. The first-order valence-corrected chi connectivity index (χ1v) is 12.9. The van der Waals surface area contributed by atoms with Crippen molar-refractivity contribution in [1.29, 1.82) is 0 Å². The van der Waals surface area contributed by atoms with Gasteiger partial charge in [-0.1, -0.05) is 24.2 Å². The first-order chi connectivity index (χ1) is 18.6. The SMILES string of the molecule is C=CC(=O)N1CCC(c2cc3c(Nc4ccc(OCc5ccccn5)c(Cl)c4)ccnc3cc2OC)CC1. The summed E-state index contributed by atoms with van der Waals surface area (Å²) in [5.74, 6) is 1.67. The zero-order valence-corrected chi connectivity index (χ0v) is 21.9. The second kappa shape index (κ2) is 11.5. The lowest BCUT2D eigenvalue weighted by Crippen LogP contribution is -2.36. The summed E-state index contributed by atoms with van der Waals surface area (Å²) < 4.78 is 11.6. The number of anilines is 2.